The predicted octanol–water partition coefficient (Wildman–Crippen LogP) is -1.03. The van der Waals surface area contributed by atoms with Crippen molar-refractivity contribution in [1.82, 2.24) is 9.55 Å². The lowest BCUT2D eigenvalue weighted by Crippen LogP contribution is -2.33. The summed E-state index contributed by atoms with van der Waals surface area (Å²) in [6, 6.07) is 1.90. The number of halogens is 1. The van der Waals surface area contributed by atoms with Crippen LogP contribution in [-0.2, 0) is 4.74 Å². The molecular weight excluding hydrogens is 341 g/mol. The van der Waals surface area contributed by atoms with Gasteiger partial charge in [-0.05, 0) is 22.6 Å². The van der Waals surface area contributed by atoms with E-state index in [-0.39, 0.29) is 12.3 Å². The van der Waals surface area contributed by atoms with E-state index in [1.54, 1.807) is 0 Å². The van der Waals surface area contributed by atoms with Gasteiger partial charge in [0.1, 0.15) is 28.1 Å². The Morgan fingerprint density at radius 2 is 2.24 bits per heavy atom. The molecule has 1 aliphatic rings. The Labute approximate surface area is 110 Å². The highest BCUT2D eigenvalue weighted by Crippen LogP contribution is 2.31. The molecule has 3 N–H and O–H groups in total. The first-order valence-corrected chi connectivity index (χ1v) is 5.93. The fraction of sp³-hybridized carbons (Fsp3) is 0.556. The Bertz CT molecular complexity index is 458. The second-order valence-electron chi connectivity index (χ2n) is 3.63. The normalized spacial score (nSPS) is 32.6. The second-order valence-corrected chi connectivity index (χ2v) is 4.65. The Morgan fingerprint density at radius 1 is 1.53 bits per heavy atom. The van der Waals surface area contributed by atoms with Crippen LogP contribution >= 0.6 is 22.6 Å². The average molecular weight is 351 g/mol. The summed E-state index contributed by atoms with van der Waals surface area (Å²) >= 11 is 1.90. The van der Waals surface area contributed by atoms with Crippen LogP contribution in [0.5, 0.6) is 0 Å². The van der Waals surface area contributed by atoms with Crippen LogP contribution in [0.1, 0.15) is 11.9 Å². The molecule has 4 atom stereocenters. The molecule has 8 heteroatoms. The average Bonchev–Trinajstić information content (AvgIpc) is 2.82. The van der Waals surface area contributed by atoms with Crippen LogP contribution in [0.4, 0.5) is 0 Å². The number of aromatic nitrogens is 2. The molecule has 1 fully saturated rings. The van der Waals surface area contributed by atoms with Crippen LogP contribution in [-0.4, -0.2) is 49.8 Å². The van der Waals surface area contributed by atoms with E-state index in [1.165, 1.54) is 10.9 Å². The number of ether oxygens (including phenoxy) is 1. The molecule has 0 aromatic carbocycles. The van der Waals surface area contributed by atoms with Crippen molar-refractivity contribution < 1.29 is 20.1 Å². The van der Waals surface area contributed by atoms with Crippen molar-refractivity contribution in [1.29, 1.82) is 5.26 Å². The van der Waals surface area contributed by atoms with Crippen molar-refractivity contribution in [2.45, 2.75) is 24.5 Å². The maximum atomic E-state index is 9.80. The van der Waals surface area contributed by atoms with Gasteiger partial charge in [-0.2, -0.15) is 5.26 Å². The Hall–Kier alpha value is -0.730. The zero-order valence-corrected chi connectivity index (χ0v) is 10.7. The SMILES string of the molecule is N#Cc1ncn([C@@H]2O[C@H](CO)[C@@H](O)[C@H]2O)c1I. The van der Waals surface area contributed by atoms with Crippen molar-refractivity contribution in [2.75, 3.05) is 6.61 Å². The fourth-order valence-corrected chi connectivity index (χ4v) is 2.37. The molecule has 1 aliphatic heterocycles. The lowest BCUT2D eigenvalue weighted by Gasteiger charge is -2.16. The molecule has 7 nitrogen and oxygen atoms in total. The van der Waals surface area contributed by atoms with E-state index in [4.69, 9.17) is 15.1 Å². The third-order valence-electron chi connectivity index (χ3n) is 2.63. The largest absolute Gasteiger partial charge is 0.394 e. The van der Waals surface area contributed by atoms with Gasteiger partial charge in [-0.25, -0.2) is 4.98 Å². The first-order valence-electron chi connectivity index (χ1n) is 4.85. The number of hydrogen-bond acceptors (Lipinski definition) is 6. The molecule has 0 saturated carbocycles. The molecule has 17 heavy (non-hydrogen) atoms. The minimum atomic E-state index is -1.17. The van der Waals surface area contributed by atoms with Crippen molar-refractivity contribution in [3.8, 4) is 6.07 Å². The monoisotopic (exact) mass is 351 g/mol. The second kappa shape index (κ2) is 4.87. The maximum absolute atomic E-state index is 9.80. The Balaban J connectivity index is 2.29. The third-order valence-corrected chi connectivity index (χ3v) is 3.70. The fourth-order valence-electron chi connectivity index (χ4n) is 1.71. The van der Waals surface area contributed by atoms with E-state index in [1.807, 2.05) is 28.7 Å². The van der Waals surface area contributed by atoms with Crippen molar-refractivity contribution >= 4 is 22.6 Å². The van der Waals surface area contributed by atoms with Crippen LogP contribution in [0.25, 0.3) is 0 Å². The summed E-state index contributed by atoms with van der Waals surface area (Å²) in [6.45, 7) is -0.384. The molecule has 1 saturated heterocycles. The van der Waals surface area contributed by atoms with Gasteiger partial charge >= 0.3 is 0 Å². The van der Waals surface area contributed by atoms with Gasteiger partial charge in [0, 0.05) is 0 Å². The molecule has 2 heterocycles. The first-order chi connectivity index (χ1) is 8.10. The number of aliphatic hydroxyl groups excluding tert-OH is 3. The molecular formula is C9H10IN3O4. The van der Waals surface area contributed by atoms with Gasteiger partial charge in [0.05, 0.1) is 12.9 Å². The maximum Gasteiger partial charge on any atom is 0.172 e. The number of hydrogen-bond donors (Lipinski definition) is 3. The van der Waals surface area contributed by atoms with Gasteiger partial charge in [0.15, 0.2) is 11.9 Å². The summed E-state index contributed by atoms with van der Waals surface area (Å²) < 4.78 is 7.29. The van der Waals surface area contributed by atoms with Crippen LogP contribution < -0.4 is 0 Å². The number of rotatable bonds is 2. The lowest BCUT2D eigenvalue weighted by molar-refractivity contribution is -0.0539. The quantitative estimate of drug-likeness (QED) is 0.588. The summed E-state index contributed by atoms with van der Waals surface area (Å²) in [5, 5.41) is 37.1. The first kappa shape index (κ1) is 12.7. The molecule has 2 rings (SSSR count). The molecule has 92 valence electrons. The predicted molar refractivity (Wildman–Crippen MR) is 62.7 cm³/mol. The Kier molecular flexibility index (Phi) is 3.64. The van der Waals surface area contributed by atoms with Crippen LogP contribution in [0.3, 0.4) is 0 Å². The van der Waals surface area contributed by atoms with E-state index in [0.717, 1.165) is 0 Å². The standard InChI is InChI=1S/C9H10IN3O4/c10-8-4(1-11)12-3-13(8)9-7(16)6(15)5(2-14)17-9/h3,5-7,9,14-16H,2H2/t5-,6-,7-,9-/m1/s1. The van der Waals surface area contributed by atoms with E-state index < -0.39 is 24.5 Å². The summed E-state index contributed by atoms with van der Waals surface area (Å²) in [5.74, 6) is 0. The highest BCUT2D eigenvalue weighted by atomic mass is 127. The molecule has 0 radical (unpaired) electrons. The van der Waals surface area contributed by atoms with Gasteiger partial charge in [-0.15, -0.1) is 0 Å². The van der Waals surface area contributed by atoms with Crippen molar-refractivity contribution in [3.63, 3.8) is 0 Å². The minimum absolute atomic E-state index is 0.225. The highest BCUT2D eigenvalue weighted by molar-refractivity contribution is 14.1. The summed E-state index contributed by atoms with van der Waals surface area (Å²) in [4.78, 5) is 3.85. The zero-order valence-electron chi connectivity index (χ0n) is 8.56. The molecule has 0 spiro atoms. The van der Waals surface area contributed by atoms with Gasteiger partial charge in [0.25, 0.3) is 0 Å². The molecule has 1 aromatic rings. The summed E-state index contributed by atoms with van der Waals surface area (Å²) in [6.07, 6.45) is -2.64. The van der Waals surface area contributed by atoms with E-state index >= 15 is 0 Å². The molecule has 1 aromatic heterocycles. The Morgan fingerprint density at radius 3 is 2.71 bits per heavy atom. The number of aliphatic hydroxyl groups is 3. The number of imidazole rings is 1. The van der Waals surface area contributed by atoms with Gasteiger partial charge in [-0.1, -0.05) is 0 Å². The highest BCUT2D eigenvalue weighted by Gasteiger charge is 2.43. The van der Waals surface area contributed by atoms with E-state index in [0.29, 0.717) is 3.70 Å². The summed E-state index contributed by atoms with van der Waals surface area (Å²) in [5.41, 5.74) is 0.225. The minimum Gasteiger partial charge on any atom is -0.394 e. The molecule has 0 unspecified atom stereocenters. The van der Waals surface area contributed by atoms with Crippen molar-refractivity contribution in [2.24, 2.45) is 0 Å². The lowest BCUT2D eigenvalue weighted by atomic mass is 10.1. The third kappa shape index (κ3) is 2.04. The molecule has 0 aliphatic carbocycles. The number of nitriles is 1. The van der Waals surface area contributed by atoms with Crippen LogP contribution in [0.2, 0.25) is 0 Å². The van der Waals surface area contributed by atoms with E-state index in [2.05, 4.69) is 4.98 Å². The van der Waals surface area contributed by atoms with Gasteiger partial charge < -0.3 is 20.1 Å². The zero-order chi connectivity index (χ0) is 12.6. The summed E-state index contributed by atoms with van der Waals surface area (Å²) in [7, 11) is 0. The smallest absolute Gasteiger partial charge is 0.172 e. The van der Waals surface area contributed by atoms with Crippen LogP contribution in [0.15, 0.2) is 6.33 Å². The van der Waals surface area contributed by atoms with Gasteiger partial charge in [0.2, 0.25) is 0 Å². The number of nitrogens with zero attached hydrogens (tertiary/aromatic N) is 3. The van der Waals surface area contributed by atoms with Crippen LogP contribution in [0, 0.1) is 15.0 Å². The van der Waals surface area contributed by atoms with Gasteiger partial charge in [-0.3, -0.25) is 4.57 Å². The van der Waals surface area contributed by atoms with E-state index in [9.17, 15) is 10.2 Å². The van der Waals surface area contributed by atoms with Crippen molar-refractivity contribution in [3.05, 3.63) is 15.7 Å². The molecule has 0 bridgehead atoms. The topological polar surface area (TPSA) is 112 Å². The molecule has 0 amide bonds.